The van der Waals surface area contributed by atoms with Crippen molar-refractivity contribution in [2.45, 2.75) is 25.4 Å². The van der Waals surface area contributed by atoms with Gasteiger partial charge in [-0.3, -0.25) is 4.84 Å². The molecule has 0 saturated heterocycles. The van der Waals surface area contributed by atoms with Crippen LogP contribution < -0.4 is 5.48 Å². The quantitative estimate of drug-likeness (QED) is 0.259. The van der Waals surface area contributed by atoms with Crippen molar-refractivity contribution < 1.29 is 9.63 Å². The smallest absolute Gasteiger partial charge is 0.293 e. The summed E-state index contributed by atoms with van der Waals surface area (Å²) in [5, 5.41) is 2.95. The van der Waals surface area contributed by atoms with Gasteiger partial charge in [0.05, 0.1) is 18.8 Å². The van der Waals surface area contributed by atoms with E-state index >= 15 is 0 Å². The van der Waals surface area contributed by atoms with Gasteiger partial charge in [0.15, 0.2) is 0 Å². The number of nitrogens with one attached hydrogen (secondary N) is 1. The van der Waals surface area contributed by atoms with Gasteiger partial charge in [0.2, 0.25) is 0 Å². The van der Waals surface area contributed by atoms with Crippen LogP contribution in [-0.2, 0) is 9.63 Å². The Hall–Kier alpha value is -1.28. The number of hydrogen-bond donors (Lipinski definition) is 1. The van der Waals surface area contributed by atoms with E-state index in [0.29, 0.717) is 13.2 Å². The minimum atomic E-state index is 0.00264. The molecule has 1 aliphatic heterocycles. The third-order valence-corrected chi connectivity index (χ3v) is 4.12. The lowest BCUT2D eigenvalue weighted by Gasteiger charge is -2.37. The van der Waals surface area contributed by atoms with E-state index in [9.17, 15) is 4.79 Å². The summed E-state index contributed by atoms with van der Waals surface area (Å²) in [7, 11) is 1.59. The topological polar surface area (TPSA) is 54.5 Å². The number of hydroxylamine groups is 1. The maximum absolute atomic E-state index is 10.9. The van der Waals surface area contributed by atoms with Crippen LogP contribution in [0.15, 0.2) is 30.3 Å². The first-order valence-corrected chi connectivity index (χ1v) is 7.82. The molecule has 2 atom stereocenters. The number of hydrogen-bond acceptors (Lipinski definition) is 6. The van der Waals surface area contributed by atoms with Crippen LogP contribution in [0.3, 0.4) is 0 Å². The summed E-state index contributed by atoms with van der Waals surface area (Å²) < 4.78 is 0. The molecule has 21 heavy (non-hydrogen) atoms. The molecule has 1 aliphatic rings. The monoisotopic (exact) mass is 304 g/mol. The van der Waals surface area contributed by atoms with Crippen molar-refractivity contribution in [3.05, 3.63) is 35.3 Å². The van der Waals surface area contributed by atoms with E-state index < -0.39 is 0 Å². The number of carbonyl (C=O) groups is 1. The predicted octanol–water partition coefficient (Wildman–Crippen LogP) is 1.51. The fraction of sp³-hybridized carbons (Fsp3) is 0.429. The highest BCUT2D eigenvalue weighted by Crippen LogP contribution is 2.29. The lowest BCUT2D eigenvalue weighted by Crippen LogP contribution is -2.50. The number of rotatable bonds is 8. The Kier molecular flexibility index (Phi) is 6.32. The molecule has 1 N–H and O–H groups in total. The molecule has 0 aliphatic carbocycles. The highest BCUT2D eigenvalue weighted by Gasteiger charge is 2.30. The van der Waals surface area contributed by atoms with E-state index in [1.807, 2.05) is 10.2 Å². The average molecular weight is 304 g/mol. The SMILES string of the molecule is C=CCON[C@H]1C=C(c2nccs2)[C@@H](CC)N([B]C=O)C1. The van der Waals surface area contributed by atoms with Gasteiger partial charge in [-0.1, -0.05) is 19.1 Å². The molecular formula is C14H19BN3O2S. The molecule has 1 radical (unpaired) electrons. The summed E-state index contributed by atoms with van der Waals surface area (Å²) in [5.41, 5.74) is 4.13. The van der Waals surface area contributed by atoms with Gasteiger partial charge in [0.25, 0.3) is 7.41 Å². The van der Waals surface area contributed by atoms with Crippen molar-refractivity contribution in [2.24, 2.45) is 0 Å². The molecule has 0 fully saturated rings. The standard InChI is InChI=1S/C14H19BN3O2S/c1-3-6-20-17-11-8-12(14-16-5-7-21-14)13(4-2)18(9-11)15-10-19/h3,5,7-8,10-11,13,17H,1,4,6,9H2,2H3/t11-,13+/m0/s1. The number of aromatic nitrogens is 1. The molecule has 0 unspecified atom stereocenters. The Bertz CT molecular complexity index is 492. The van der Waals surface area contributed by atoms with Gasteiger partial charge in [0, 0.05) is 29.7 Å². The molecule has 0 spiro atoms. The molecule has 1 aromatic rings. The molecule has 0 bridgehead atoms. The molecule has 0 saturated carbocycles. The molecule has 7 heteroatoms. The van der Waals surface area contributed by atoms with Crippen LogP contribution in [0.1, 0.15) is 18.4 Å². The van der Waals surface area contributed by atoms with E-state index in [1.54, 1.807) is 31.0 Å². The molecule has 2 heterocycles. The van der Waals surface area contributed by atoms with Gasteiger partial charge in [-0.2, -0.15) is 5.48 Å². The van der Waals surface area contributed by atoms with Crippen molar-refractivity contribution in [1.82, 2.24) is 15.3 Å². The van der Waals surface area contributed by atoms with Crippen LogP contribution in [0.5, 0.6) is 0 Å². The number of nitrogens with zero attached hydrogens (tertiary/aromatic N) is 2. The van der Waals surface area contributed by atoms with Crippen LogP contribution in [0.4, 0.5) is 0 Å². The molecular weight excluding hydrogens is 285 g/mol. The van der Waals surface area contributed by atoms with Gasteiger partial charge in [-0.15, -0.1) is 17.9 Å². The second kappa shape index (κ2) is 8.24. The fourth-order valence-electron chi connectivity index (χ4n) is 2.48. The van der Waals surface area contributed by atoms with E-state index in [0.717, 1.165) is 23.2 Å². The van der Waals surface area contributed by atoms with E-state index in [4.69, 9.17) is 4.84 Å². The van der Waals surface area contributed by atoms with E-state index in [2.05, 4.69) is 30.0 Å². The third kappa shape index (κ3) is 4.10. The first kappa shape index (κ1) is 16.1. The highest BCUT2D eigenvalue weighted by molar-refractivity contribution is 7.10. The maximum atomic E-state index is 10.9. The van der Waals surface area contributed by atoms with Crippen molar-refractivity contribution >= 4 is 30.5 Å². The Morgan fingerprint density at radius 3 is 3.19 bits per heavy atom. The number of carbonyl (C=O) groups excluding carboxylic acids is 1. The van der Waals surface area contributed by atoms with Crippen LogP contribution >= 0.6 is 11.3 Å². The lowest BCUT2D eigenvalue weighted by atomic mass is 9.84. The molecule has 2 rings (SSSR count). The fourth-order valence-corrected chi connectivity index (χ4v) is 3.19. The zero-order valence-corrected chi connectivity index (χ0v) is 12.9. The van der Waals surface area contributed by atoms with E-state index in [1.165, 1.54) is 0 Å². The van der Waals surface area contributed by atoms with Crippen molar-refractivity contribution in [1.29, 1.82) is 0 Å². The lowest BCUT2D eigenvalue weighted by molar-refractivity contribution is 0.0393. The Balaban J connectivity index is 2.21. The largest absolute Gasteiger partial charge is 0.332 e. The normalized spacial score (nSPS) is 22.6. The Labute approximate surface area is 129 Å². The Morgan fingerprint density at radius 1 is 1.71 bits per heavy atom. The predicted molar refractivity (Wildman–Crippen MR) is 86.5 cm³/mol. The molecule has 111 valence electrons. The first-order chi connectivity index (χ1) is 10.3. The summed E-state index contributed by atoms with van der Waals surface area (Å²) in [6.07, 6.45) is 7.37. The van der Waals surface area contributed by atoms with Gasteiger partial charge in [-0.05, 0) is 6.42 Å². The summed E-state index contributed by atoms with van der Waals surface area (Å²) in [5.74, 6) is 0. The van der Waals surface area contributed by atoms with Gasteiger partial charge in [-0.25, -0.2) is 4.98 Å². The second-order valence-corrected chi connectivity index (χ2v) is 5.58. The summed E-state index contributed by atoms with van der Waals surface area (Å²) in [6.45, 7) is 6.85. The molecule has 0 amide bonds. The Morgan fingerprint density at radius 2 is 2.57 bits per heavy atom. The summed E-state index contributed by atoms with van der Waals surface area (Å²) in [6, 6.07) is 0.168. The van der Waals surface area contributed by atoms with Crippen LogP contribution in [0.2, 0.25) is 0 Å². The molecule has 1 aromatic heterocycles. The van der Waals surface area contributed by atoms with E-state index in [-0.39, 0.29) is 12.1 Å². The van der Waals surface area contributed by atoms with Crippen molar-refractivity contribution in [3.63, 3.8) is 0 Å². The molecule has 5 nitrogen and oxygen atoms in total. The van der Waals surface area contributed by atoms with Crippen molar-refractivity contribution in [2.75, 3.05) is 13.2 Å². The summed E-state index contributed by atoms with van der Waals surface area (Å²) in [4.78, 5) is 22.7. The maximum Gasteiger partial charge on any atom is 0.293 e. The average Bonchev–Trinajstić information content (AvgIpc) is 3.01. The zero-order valence-electron chi connectivity index (χ0n) is 12.1. The van der Waals surface area contributed by atoms with Gasteiger partial charge < -0.3 is 9.61 Å². The minimum Gasteiger partial charge on any atom is -0.332 e. The van der Waals surface area contributed by atoms with Gasteiger partial charge in [0.1, 0.15) is 5.01 Å². The van der Waals surface area contributed by atoms with Crippen LogP contribution in [0, 0.1) is 0 Å². The zero-order chi connectivity index (χ0) is 15.1. The van der Waals surface area contributed by atoms with Crippen molar-refractivity contribution in [3.8, 4) is 0 Å². The molecule has 0 aromatic carbocycles. The second-order valence-electron chi connectivity index (χ2n) is 4.69. The van der Waals surface area contributed by atoms with Gasteiger partial charge >= 0.3 is 0 Å². The highest BCUT2D eigenvalue weighted by atomic mass is 32.1. The first-order valence-electron chi connectivity index (χ1n) is 6.94. The number of thiazole rings is 1. The third-order valence-electron chi connectivity index (χ3n) is 3.30. The van der Waals surface area contributed by atoms with Crippen LogP contribution in [0.25, 0.3) is 5.57 Å². The van der Waals surface area contributed by atoms with Crippen LogP contribution in [-0.4, -0.2) is 48.6 Å². The minimum absolute atomic E-state index is 0.00264. The summed E-state index contributed by atoms with van der Waals surface area (Å²) >= 11 is 1.61.